The fraction of sp³-hybridized carbons (Fsp3) is 0.417. The molecule has 2 aromatic rings. The van der Waals surface area contributed by atoms with Crippen molar-refractivity contribution in [1.29, 1.82) is 0 Å². The average Bonchev–Trinajstić information content (AvgIpc) is 3.46. The summed E-state index contributed by atoms with van der Waals surface area (Å²) < 4.78 is 21.5. The van der Waals surface area contributed by atoms with Gasteiger partial charge in [0.05, 0.1) is 39.3 Å². The lowest BCUT2D eigenvalue weighted by Gasteiger charge is -2.28. The minimum Gasteiger partial charge on any atom is -0.507 e. The Labute approximate surface area is 192 Å². The van der Waals surface area contributed by atoms with Gasteiger partial charge in [-0.1, -0.05) is 0 Å². The summed E-state index contributed by atoms with van der Waals surface area (Å²) in [5.74, 6) is -0.375. The minimum absolute atomic E-state index is 0.00598. The van der Waals surface area contributed by atoms with Crippen LogP contribution in [0.3, 0.4) is 0 Å². The number of aliphatic hydroxyl groups is 1. The Morgan fingerprint density at radius 3 is 2.52 bits per heavy atom. The maximum Gasteiger partial charge on any atom is 0.295 e. The van der Waals surface area contributed by atoms with E-state index < -0.39 is 17.7 Å². The van der Waals surface area contributed by atoms with Crippen molar-refractivity contribution in [3.8, 4) is 11.5 Å². The van der Waals surface area contributed by atoms with Gasteiger partial charge in [0.15, 0.2) is 11.5 Å². The van der Waals surface area contributed by atoms with Gasteiger partial charge in [0, 0.05) is 31.7 Å². The highest BCUT2D eigenvalue weighted by Gasteiger charge is 2.47. The quantitative estimate of drug-likeness (QED) is 0.367. The van der Waals surface area contributed by atoms with Crippen LogP contribution in [0.15, 0.2) is 46.6 Å². The van der Waals surface area contributed by atoms with Gasteiger partial charge in [-0.3, -0.25) is 14.5 Å². The Hall–Kier alpha value is -3.30. The zero-order chi connectivity index (χ0) is 23.4. The highest BCUT2D eigenvalue weighted by molar-refractivity contribution is 6.46. The molecule has 0 spiro atoms. The number of rotatable bonds is 8. The third-order valence-electron chi connectivity index (χ3n) is 5.99. The highest BCUT2D eigenvalue weighted by Crippen LogP contribution is 2.40. The Morgan fingerprint density at radius 2 is 1.85 bits per heavy atom. The number of hydrogen-bond donors (Lipinski definition) is 1. The number of morpholine rings is 1. The topological polar surface area (TPSA) is 102 Å². The molecule has 1 N–H and O–H groups in total. The number of Topliss-reactive ketones (excluding diaryl/α,β-unsaturated/α-hetero) is 1. The number of benzene rings is 1. The Morgan fingerprint density at radius 1 is 1.09 bits per heavy atom. The van der Waals surface area contributed by atoms with Gasteiger partial charge < -0.3 is 28.6 Å². The summed E-state index contributed by atoms with van der Waals surface area (Å²) in [6.07, 6.45) is 2.17. The van der Waals surface area contributed by atoms with Gasteiger partial charge in [-0.05, 0) is 36.8 Å². The van der Waals surface area contributed by atoms with Crippen molar-refractivity contribution >= 4 is 17.4 Å². The van der Waals surface area contributed by atoms with Crippen LogP contribution in [0.2, 0.25) is 0 Å². The SMILES string of the molecule is COc1ccc(/C(O)=C2\C(=O)C(=O)N(CCCN3CCOCC3)C2c2ccco2)cc1OC. The van der Waals surface area contributed by atoms with Crippen molar-refractivity contribution in [2.45, 2.75) is 12.5 Å². The normalized spacial score (nSPS) is 20.9. The molecular formula is C24H28N2O7. The van der Waals surface area contributed by atoms with Gasteiger partial charge in [-0.2, -0.15) is 0 Å². The molecule has 1 aromatic heterocycles. The van der Waals surface area contributed by atoms with Gasteiger partial charge in [-0.25, -0.2) is 0 Å². The number of likely N-dealkylation sites (tertiary alicyclic amines) is 1. The first kappa shape index (κ1) is 22.9. The number of nitrogens with zero attached hydrogens (tertiary/aromatic N) is 2. The number of carbonyl (C=O) groups excluding carboxylic acids is 2. The van der Waals surface area contributed by atoms with Crippen LogP contribution in [0.5, 0.6) is 11.5 Å². The monoisotopic (exact) mass is 456 g/mol. The van der Waals surface area contributed by atoms with Crippen LogP contribution in [0.25, 0.3) is 5.76 Å². The number of hydrogen-bond acceptors (Lipinski definition) is 8. The van der Waals surface area contributed by atoms with Crippen LogP contribution in [-0.4, -0.2) is 80.2 Å². The molecule has 3 heterocycles. The van der Waals surface area contributed by atoms with E-state index >= 15 is 0 Å². The fourth-order valence-electron chi connectivity index (χ4n) is 4.28. The highest BCUT2D eigenvalue weighted by atomic mass is 16.5. The smallest absolute Gasteiger partial charge is 0.295 e. The molecule has 9 heteroatoms. The predicted octanol–water partition coefficient (Wildman–Crippen LogP) is 2.44. The van der Waals surface area contributed by atoms with Crippen LogP contribution in [0, 0.1) is 0 Å². The third kappa shape index (κ3) is 4.60. The molecule has 0 bridgehead atoms. The molecule has 0 radical (unpaired) electrons. The molecule has 9 nitrogen and oxygen atoms in total. The Balaban J connectivity index is 1.65. The van der Waals surface area contributed by atoms with Gasteiger partial charge in [0.1, 0.15) is 17.6 Å². The number of carbonyl (C=O) groups is 2. The van der Waals surface area contributed by atoms with Gasteiger partial charge >= 0.3 is 0 Å². The summed E-state index contributed by atoms with van der Waals surface area (Å²) >= 11 is 0. The number of aliphatic hydroxyl groups excluding tert-OH is 1. The van der Waals surface area contributed by atoms with Crippen molar-refractivity contribution in [2.24, 2.45) is 0 Å². The summed E-state index contributed by atoms with van der Waals surface area (Å²) in [6.45, 7) is 4.23. The van der Waals surface area contributed by atoms with E-state index in [9.17, 15) is 14.7 Å². The van der Waals surface area contributed by atoms with Crippen LogP contribution < -0.4 is 9.47 Å². The number of ether oxygens (including phenoxy) is 3. The first-order chi connectivity index (χ1) is 16.0. The molecule has 1 unspecified atom stereocenters. The molecule has 0 saturated carbocycles. The van der Waals surface area contributed by atoms with E-state index in [1.165, 1.54) is 25.4 Å². The molecule has 1 aromatic carbocycles. The van der Waals surface area contributed by atoms with Crippen LogP contribution in [-0.2, 0) is 14.3 Å². The number of amides is 1. The van der Waals surface area contributed by atoms with E-state index in [0.717, 1.165) is 19.6 Å². The van der Waals surface area contributed by atoms with Crippen LogP contribution in [0.1, 0.15) is 23.8 Å². The maximum absolute atomic E-state index is 13.0. The second kappa shape index (κ2) is 10.1. The van der Waals surface area contributed by atoms with E-state index in [0.29, 0.717) is 49.0 Å². The van der Waals surface area contributed by atoms with E-state index in [4.69, 9.17) is 18.6 Å². The minimum atomic E-state index is -0.808. The maximum atomic E-state index is 13.0. The van der Waals surface area contributed by atoms with Gasteiger partial charge in [0.25, 0.3) is 11.7 Å². The molecular weight excluding hydrogens is 428 g/mol. The number of methoxy groups -OCH3 is 2. The Bertz CT molecular complexity index is 1030. The second-order valence-corrected chi connectivity index (χ2v) is 7.89. The summed E-state index contributed by atoms with van der Waals surface area (Å²) in [4.78, 5) is 29.8. The van der Waals surface area contributed by atoms with Crippen LogP contribution in [0.4, 0.5) is 0 Å². The lowest BCUT2D eigenvalue weighted by Crippen LogP contribution is -2.38. The molecule has 33 heavy (non-hydrogen) atoms. The molecule has 176 valence electrons. The van der Waals surface area contributed by atoms with Crippen molar-refractivity contribution in [2.75, 3.05) is 53.6 Å². The standard InChI is InChI=1S/C24H28N2O7/c1-30-17-7-6-16(15-19(17)31-2)22(27)20-21(18-5-3-12-33-18)26(24(29)23(20)28)9-4-8-25-10-13-32-14-11-25/h3,5-7,12,15,21,27H,4,8-11,13-14H2,1-2H3/b22-20+. The molecule has 4 rings (SSSR count). The lowest BCUT2D eigenvalue weighted by molar-refractivity contribution is -0.140. The van der Waals surface area contributed by atoms with E-state index in [1.54, 1.807) is 30.3 Å². The molecule has 0 aliphatic carbocycles. The first-order valence-electron chi connectivity index (χ1n) is 10.9. The largest absolute Gasteiger partial charge is 0.507 e. The molecule has 2 saturated heterocycles. The zero-order valence-electron chi connectivity index (χ0n) is 18.8. The zero-order valence-corrected chi connectivity index (χ0v) is 18.8. The first-order valence-corrected chi connectivity index (χ1v) is 10.9. The molecule has 2 aliphatic rings. The number of furan rings is 1. The van der Waals surface area contributed by atoms with Crippen molar-refractivity contribution < 1.29 is 33.3 Å². The second-order valence-electron chi connectivity index (χ2n) is 7.89. The summed E-state index contributed by atoms with van der Waals surface area (Å²) in [5, 5.41) is 11.1. The predicted molar refractivity (Wildman–Crippen MR) is 119 cm³/mol. The Kier molecular flexibility index (Phi) is 7.00. The summed E-state index contributed by atoms with van der Waals surface area (Å²) in [5.41, 5.74) is 0.337. The number of ketones is 1. The molecule has 2 fully saturated rings. The van der Waals surface area contributed by atoms with E-state index in [-0.39, 0.29) is 11.3 Å². The fourth-order valence-corrected chi connectivity index (χ4v) is 4.28. The molecule has 1 atom stereocenters. The third-order valence-corrected chi connectivity index (χ3v) is 5.99. The van der Waals surface area contributed by atoms with E-state index in [1.807, 2.05) is 0 Å². The van der Waals surface area contributed by atoms with Crippen LogP contribution >= 0.6 is 0 Å². The summed E-state index contributed by atoms with van der Waals surface area (Å²) in [6, 6.07) is 7.40. The van der Waals surface area contributed by atoms with Crippen molar-refractivity contribution in [1.82, 2.24) is 9.80 Å². The van der Waals surface area contributed by atoms with Crippen molar-refractivity contribution in [3.05, 3.63) is 53.5 Å². The lowest BCUT2D eigenvalue weighted by atomic mass is 9.99. The van der Waals surface area contributed by atoms with E-state index in [2.05, 4.69) is 4.90 Å². The molecule has 2 aliphatic heterocycles. The van der Waals surface area contributed by atoms with Gasteiger partial charge in [-0.15, -0.1) is 0 Å². The molecule has 1 amide bonds. The van der Waals surface area contributed by atoms with Gasteiger partial charge in [0.2, 0.25) is 0 Å². The average molecular weight is 456 g/mol. The van der Waals surface area contributed by atoms with Crippen molar-refractivity contribution in [3.63, 3.8) is 0 Å². The summed E-state index contributed by atoms with van der Waals surface area (Å²) in [7, 11) is 2.99.